The van der Waals surface area contributed by atoms with E-state index in [1.54, 1.807) is 0 Å². The molecule has 1 fully saturated rings. The van der Waals surface area contributed by atoms with Crippen molar-refractivity contribution in [2.24, 2.45) is 0 Å². The number of halogens is 1. The van der Waals surface area contributed by atoms with Gasteiger partial charge in [-0.3, -0.25) is 0 Å². The minimum atomic E-state index is -3.68. The maximum atomic E-state index is 13.4. The summed E-state index contributed by atoms with van der Waals surface area (Å²) in [7, 11) is -3.68. The Balaban J connectivity index is 1.38. The second-order valence-electron chi connectivity index (χ2n) is 6.62. The molecule has 1 aromatic heterocycles. The lowest BCUT2D eigenvalue weighted by Crippen LogP contribution is -3.14. The summed E-state index contributed by atoms with van der Waals surface area (Å²) in [6.07, 6.45) is 0. The summed E-state index contributed by atoms with van der Waals surface area (Å²) in [5.41, 5.74) is 0.898. The van der Waals surface area contributed by atoms with Crippen LogP contribution >= 0.6 is 0 Å². The Hall–Kier alpha value is -2.69. The van der Waals surface area contributed by atoms with Crippen LogP contribution in [0.1, 0.15) is 0 Å². The van der Waals surface area contributed by atoms with E-state index < -0.39 is 15.8 Å². The van der Waals surface area contributed by atoms with Crippen LogP contribution in [0.15, 0.2) is 59.5 Å². The molecule has 1 N–H and O–H groups in total. The second-order valence-corrected chi connectivity index (χ2v) is 8.56. The quantitative estimate of drug-likeness (QED) is 0.650. The third-order valence-electron chi connectivity index (χ3n) is 4.71. The van der Waals surface area contributed by atoms with Crippen LogP contribution in [-0.2, 0) is 16.7 Å². The van der Waals surface area contributed by atoms with Gasteiger partial charge in [-0.25, -0.2) is 12.8 Å². The first-order chi connectivity index (χ1) is 13.5. The standard InChI is InChI=1S/C18H19FN6O2S/c19-16-7-4-8-17(13-16)28(26,27)24-11-9-23(10-12-24)14-25-21-18(20-22-25)15-5-2-1-3-6-15/h1-8,13H,9-12,14H2/p+1. The number of hydrogen-bond acceptors (Lipinski definition) is 5. The molecule has 0 atom stereocenters. The highest BCUT2D eigenvalue weighted by atomic mass is 32.2. The summed E-state index contributed by atoms with van der Waals surface area (Å²) in [5, 5.41) is 12.6. The van der Waals surface area contributed by atoms with E-state index in [9.17, 15) is 12.8 Å². The van der Waals surface area contributed by atoms with Gasteiger partial charge in [0.05, 0.1) is 31.1 Å². The highest BCUT2D eigenvalue weighted by Crippen LogP contribution is 2.16. The lowest BCUT2D eigenvalue weighted by molar-refractivity contribution is -0.927. The van der Waals surface area contributed by atoms with Gasteiger partial charge < -0.3 is 4.90 Å². The van der Waals surface area contributed by atoms with Crippen LogP contribution < -0.4 is 4.90 Å². The van der Waals surface area contributed by atoms with Crippen LogP contribution in [0, 0.1) is 5.82 Å². The molecule has 0 unspecified atom stereocenters. The third kappa shape index (κ3) is 3.93. The predicted molar refractivity (Wildman–Crippen MR) is 99.1 cm³/mol. The van der Waals surface area contributed by atoms with Gasteiger partial charge in [-0.05, 0) is 23.4 Å². The molecule has 1 aliphatic heterocycles. The molecule has 0 bridgehead atoms. The molecule has 28 heavy (non-hydrogen) atoms. The summed E-state index contributed by atoms with van der Waals surface area (Å²) in [6.45, 7) is 2.43. The average molecular weight is 403 g/mol. The molecule has 2 aromatic carbocycles. The molecular weight excluding hydrogens is 383 g/mol. The maximum absolute atomic E-state index is 13.4. The van der Waals surface area contributed by atoms with Crippen LogP contribution in [0.5, 0.6) is 0 Å². The Kier molecular flexibility index (Phi) is 5.16. The van der Waals surface area contributed by atoms with Gasteiger partial charge in [-0.2, -0.15) is 4.31 Å². The minimum absolute atomic E-state index is 0.0126. The van der Waals surface area contributed by atoms with Crippen LogP contribution in [0.4, 0.5) is 4.39 Å². The largest absolute Gasteiger partial charge is 0.313 e. The normalized spacial score (nSPS) is 16.3. The summed E-state index contributed by atoms with van der Waals surface area (Å²) in [4.78, 5) is 2.68. The van der Waals surface area contributed by atoms with Crippen molar-refractivity contribution in [1.29, 1.82) is 0 Å². The van der Waals surface area contributed by atoms with Crippen molar-refractivity contribution in [1.82, 2.24) is 24.5 Å². The van der Waals surface area contributed by atoms with Crippen molar-refractivity contribution in [2.45, 2.75) is 11.6 Å². The van der Waals surface area contributed by atoms with E-state index in [4.69, 9.17) is 0 Å². The number of piperazine rings is 1. The van der Waals surface area contributed by atoms with Crippen LogP contribution in [0.3, 0.4) is 0 Å². The summed E-state index contributed by atoms with van der Waals surface area (Å²) >= 11 is 0. The molecule has 0 saturated carbocycles. The lowest BCUT2D eigenvalue weighted by atomic mass is 10.2. The van der Waals surface area contributed by atoms with Crippen molar-refractivity contribution >= 4 is 10.0 Å². The second kappa shape index (κ2) is 7.74. The first-order valence-electron chi connectivity index (χ1n) is 8.95. The molecule has 1 aliphatic rings. The topological polar surface area (TPSA) is 85.4 Å². The lowest BCUT2D eigenvalue weighted by Gasteiger charge is -2.30. The number of aromatic nitrogens is 4. The van der Waals surface area contributed by atoms with E-state index >= 15 is 0 Å². The molecule has 3 aromatic rings. The molecule has 0 amide bonds. The Morgan fingerprint density at radius 1 is 1.04 bits per heavy atom. The fourth-order valence-electron chi connectivity index (χ4n) is 3.19. The molecule has 0 spiro atoms. The highest BCUT2D eigenvalue weighted by molar-refractivity contribution is 7.89. The fourth-order valence-corrected chi connectivity index (χ4v) is 4.66. The number of nitrogens with one attached hydrogen (secondary N) is 1. The molecule has 8 nitrogen and oxygen atoms in total. The molecular formula is C18H20FN6O2S+. The number of quaternary nitrogens is 1. The van der Waals surface area contributed by atoms with E-state index in [-0.39, 0.29) is 4.90 Å². The Morgan fingerprint density at radius 2 is 1.79 bits per heavy atom. The monoisotopic (exact) mass is 403 g/mol. The number of rotatable bonds is 5. The van der Waals surface area contributed by atoms with Crippen molar-refractivity contribution < 1.29 is 17.7 Å². The fraction of sp³-hybridized carbons (Fsp3) is 0.278. The number of hydrogen-bond donors (Lipinski definition) is 1. The van der Waals surface area contributed by atoms with Gasteiger partial charge in [-0.1, -0.05) is 36.4 Å². The average Bonchev–Trinajstić information content (AvgIpc) is 3.18. The van der Waals surface area contributed by atoms with Gasteiger partial charge in [0.25, 0.3) is 0 Å². The molecule has 2 heterocycles. The third-order valence-corrected chi connectivity index (χ3v) is 6.61. The summed E-state index contributed by atoms with van der Waals surface area (Å²) < 4.78 is 40.1. The Bertz CT molecular complexity index is 1050. The summed E-state index contributed by atoms with van der Waals surface area (Å²) in [6, 6.07) is 14.7. The van der Waals surface area contributed by atoms with Crippen LogP contribution in [0.2, 0.25) is 0 Å². The molecule has 10 heteroatoms. The van der Waals surface area contributed by atoms with Gasteiger partial charge in [0.2, 0.25) is 15.8 Å². The van der Waals surface area contributed by atoms with Gasteiger partial charge in [0.15, 0.2) is 6.67 Å². The smallest absolute Gasteiger partial charge is 0.243 e. The van der Waals surface area contributed by atoms with E-state index in [0.29, 0.717) is 38.7 Å². The van der Waals surface area contributed by atoms with E-state index in [0.717, 1.165) is 16.5 Å². The van der Waals surface area contributed by atoms with Crippen molar-refractivity contribution in [3.05, 3.63) is 60.4 Å². The minimum Gasteiger partial charge on any atom is -0.313 e. The first kappa shape index (κ1) is 18.7. The number of tetrazole rings is 1. The molecule has 0 aliphatic carbocycles. The van der Waals surface area contributed by atoms with Crippen molar-refractivity contribution in [2.75, 3.05) is 26.2 Å². The van der Waals surface area contributed by atoms with Gasteiger partial charge in [0.1, 0.15) is 5.82 Å². The Labute approximate surface area is 162 Å². The van der Waals surface area contributed by atoms with Crippen molar-refractivity contribution in [3.63, 3.8) is 0 Å². The number of sulfonamides is 1. The molecule has 146 valence electrons. The van der Waals surface area contributed by atoms with E-state index in [2.05, 4.69) is 15.4 Å². The molecule has 4 rings (SSSR count). The Morgan fingerprint density at radius 3 is 2.50 bits per heavy atom. The van der Waals surface area contributed by atoms with Gasteiger partial charge >= 0.3 is 0 Å². The van der Waals surface area contributed by atoms with Crippen molar-refractivity contribution in [3.8, 4) is 11.4 Å². The number of nitrogens with zero attached hydrogens (tertiary/aromatic N) is 5. The maximum Gasteiger partial charge on any atom is 0.243 e. The van der Waals surface area contributed by atoms with Gasteiger partial charge in [-0.15, -0.1) is 15.0 Å². The summed E-state index contributed by atoms with van der Waals surface area (Å²) in [5.74, 6) is 0.00382. The predicted octanol–water partition coefficient (Wildman–Crippen LogP) is 0.0261. The van der Waals surface area contributed by atoms with Crippen LogP contribution in [-0.4, -0.2) is 59.1 Å². The molecule has 1 saturated heterocycles. The number of benzene rings is 2. The zero-order chi connectivity index (χ0) is 19.6. The highest BCUT2D eigenvalue weighted by Gasteiger charge is 2.31. The zero-order valence-corrected chi connectivity index (χ0v) is 15.9. The SMILES string of the molecule is O=S(=O)(c1cccc(F)c1)N1CC[NH+](Cn2nnc(-c3ccccc3)n2)CC1. The van der Waals surface area contributed by atoms with Crippen LogP contribution in [0.25, 0.3) is 11.4 Å². The van der Waals surface area contributed by atoms with Gasteiger partial charge in [0, 0.05) is 5.56 Å². The molecule has 0 radical (unpaired) electrons. The first-order valence-corrected chi connectivity index (χ1v) is 10.4. The van der Waals surface area contributed by atoms with E-state index in [1.165, 1.54) is 27.3 Å². The zero-order valence-electron chi connectivity index (χ0n) is 15.1. The van der Waals surface area contributed by atoms with E-state index in [1.807, 2.05) is 30.3 Å².